The van der Waals surface area contributed by atoms with Crippen molar-refractivity contribution in [3.05, 3.63) is 35.7 Å². The zero-order valence-corrected chi connectivity index (χ0v) is 17.9. The number of nitrogens with zero attached hydrogens (tertiary/aromatic N) is 3. The van der Waals surface area contributed by atoms with Gasteiger partial charge in [0, 0.05) is 19.1 Å². The molecule has 0 aromatic heterocycles. The van der Waals surface area contributed by atoms with E-state index in [0.29, 0.717) is 42.7 Å². The zero-order chi connectivity index (χ0) is 20.9. The molecule has 1 heterocycles. The summed E-state index contributed by atoms with van der Waals surface area (Å²) in [6.45, 7) is 7.67. The maximum Gasteiger partial charge on any atom is 0.304 e. The lowest BCUT2D eigenvalue weighted by atomic mass is 9.54. The van der Waals surface area contributed by atoms with E-state index in [-0.39, 0.29) is 18.5 Å². The number of hydrogen-bond donors (Lipinski definition) is 1. The topological polar surface area (TPSA) is 74.1 Å². The molecule has 0 unspecified atom stereocenters. The van der Waals surface area contributed by atoms with Gasteiger partial charge in [0.25, 0.3) is 0 Å². The van der Waals surface area contributed by atoms with Gasteiger partial charge in [-0.1, -0.05) is 12.1 Å². The Morgan fingerprint density at radius 1 is 1.03 bits per heavy atom. The Bertz CT molecular complexity index is 941. The third-order valence-corrected chi connectivity index (χ3v) is 9.43. The lowest BCUT2D eigenvalue weighted by molar-refractivity contribution is -0.125. The van der Waals surface area contributed by atoms with E-state index in [2.05, 4.69) is 10.2 Å². The van der Waals surface area contributed by atoms with Gasteiger partial charge in [-0.25, -0.2) is 4.85 Å². The molecule has 1 aromatic carbocycles. The highest BCUT2D eigenvalue weighted by atomic mass is 32.2. The molecule has 1 amide bonds. The third kappa shape index (κ3) is 3.48. The van der Waals surface area contributed by atoms with Crippen LogP contribution < -0.4 is 9.62 Å². The van der Waals surface area contributed by atoms with Gasteiger partial charge >= 0.3 is 10.2 Å². The smallest absolute Gasteiger partial charge is 0.304 e. The Morgan fingerprint density at radius 3 is 2.27 bits per heavy atom. The molecule has 5 aliphatic rings. The maximum absolute atomic E-state index is 13.2. The lowest BCUT2D eigenvalue weighted by Gasteiger charge is -2.54. The van der Waals surface area contributed by atoms with Gasteiger partial charge in [-0.2, -0.15) is 12.7 Å². The lowest BCUT2D eigenvalue weighted by Crippen LogP contribution is -2.58. The Hall–Kier alpha value is -2.11. The second kappa shape index (κ2) is 7.54. The van der Waals surface area contributed by atoms with Crippen LogP contribution >= 0.6 is 0 Å². The quantitative estimate of drug-likeness (QED) is 0.750. The minimum atomic E-state index is -3.76. The highest BCUT2D eigenvalue weighted by Gasteiger charge is 2.48. The number of amides is 1. The van der Waals surface area contributed by atoms with Crippen LogP contribution in [0.2, 0.25) is 0 Å². The molecular formula is C22H28N4O3S. The van der Waals surface area contributed by atoms with Gasteiger partial charge < -0.3 is 5.32 Å². The maximum atomic E-state index is 13.2. The Labute approximate surface area is 178 Å². The first kappa shape index (κ1) is 19.8. The number of carbonyl (C=O) groups excluding carboxylic acids is 1. The van der Waals surface area contributed by atoms with Crippen molar-refractivity contribution >= 4 is 27.5 Å². The minimum Gasteiger partial charge on any atom is -0.352 e. The van der Waals surface area contributed by atoms with Crippen molar-refractivity contribution in [3.63, 3.8) is 0 Å². The van der Waals surface area contributed by atoms with Crippen LogP contribution in [0.3, 0.4) is 0 Å². The first-order valence-corrected chi connectivity index (χ1v) is 12.4. The standard InChI is InChI=1S/C22H28N4O3S/c1-23-19-3-5-20(6-4-19)26-8-2-7-25(30(26,28)29)14-21(27)24-22-17-10-15-9-16(12-17)13-18(22)11-15/h3-6,15-18,22H,2,7-14H2,(H,24,27). The van der Waals surface area contributed by atoms with E-state index in [1.54, 1.807) is 24.3 Å². The highest BCUT2D eigenvalue weighted by molar-refractivity contribution is 7.90. The first-order chi connectivity index (χ1) is 14.4. The molecule has 8 heteroatoms. The normalized spacial score (nSPS) is 34.5. The molecule has 6 rings (SSSR count). The Balaban J connectivity index is 1.26. The van der Waals surface area contributed by atoms with Crippen LogP contribution in [0.1, 0.15) is 38.5 Å². The molecule has 1 saturated heterocycles. The number of rotatable bonds is 4. The second-order valence-corrected chi connectivity index (χ2v) is 11.3. The van der Waals surface area contributed by atoms with Crippen LogP contribution in [-0.2, 0) is 15.0 Å². The van der Waals surface area contributed by atoms with Crippen molar-refractivity contribution in [1.29, 1.82) is 0 Å². The fourth-order valence-corrected chi connectivity index (χ4v) is 8.10. The van der Waals surface area contributed by atoms with Gasteiger partial charge in [-0.15, -0.1) is 0 Å². The van der Waals surface area contributed by atoms with Crippen LogP contribution in [0.4, 0.5) is 11.4 Å². The molecule has 7 nitrogen and oxygen atoms in total. The number of hydrogen-bond acceptors (Lipinski definition) is 3. The molecule has 4 bridgehead atoms. The average molecular weight is 429 g/mol. The SMILES string of the molecule is [C-]#[N+]c1ccc(N2CCCN(CC(=O)NC3C4CC5CC(C4)CC3C5)S2(=O)=O)cc1. The summed E-state index contributed by atoms with van der Waals surface area (Å²) < 4.78 is 28.9. The summed E-state index contributed by atoms with van der Waals surface area (Å²) in [6.07, 6.45) is 6.90. The first-order valence-electron chi connectivity index (χ1n) is 11.0. The summed E-state index contributed by atoms with van der Waals surface area (Å²) >= 11 is 0. The van der Waals surface area contributed by atoms with Gasteiger partial charge in [0.1, 0.15) is 0 Å². The molecule has 5 fully saturated rings. The van der Waals surface area contributed by atoms with Gasteiger partial charge in [-0.05, 0) is 74.3 Å². The van der Waals surface area contributed by atoms with Crippen molar-refractivity contribution in [3.8, 4) is 0 Å². The van der Waals surface area contributed by atoms with Gasteiger partial charge in [0.05, 0.1) is 18.8 Å². The van der Waals surface area contributed by atoms with Crippen molar-refractivity contribution in [2.75, 3.05) is 23.9 Å². The zero-order valence-electron chi connectivity index (χ0n) is 17.0. The van der Waals surface area contributed by atoms with Crippen LogP contribution in [0.5, 0.6) is 0 Å². The number of benzene rings is 1. The molecule has 1 aliphatic heterocycles. The van der Waals surface area contributed by atoms with Crippen LogP contribution in [0.25, 0.3) is 4.85 Å². The van der Waals surface area contributed by atoms with E-state index in [4.69, 9.17) is 6.57 Å². The predicted molar refractivity (Wildman–Crippen MR) is 114 cm³/mol. The predicted octanol–water partition coefficient (Wildman–Crippen LogP) is 2.94. The molecule has 0 spiro atoms. The fourth-order valence-electron chi connectivity index (χ4n) is 6.43. The van der Waals surface area contributed by atoms with Gasteiger partial charge in [0.15, 0.2) is 5.69 Å². The molecule has 160 valence electrons. The molecule has 0 atom stereocenters. The molecule has 4 saturated carbocycles. The molecule has 30 heavy (non-hydrogen) atoms. The average Bonchev–Trinajstić information content (AvgIpc) is 2.72. The van der Waals surface area contributed by atoms with E-state index >= 15 is 0 Å². The van der Waals surface area contributed by atoms with Crippen molar-refractivity contribution in [2.24, 2.45) is 23.7 Å². The Kier molecular flexibility index (Phi) is 4.98. The van der Waals surface area contributed by atoms with Crippen LogP contribution in [0, 0.1) is 30.2 Å². The molecule has 1 N–H and O–H groups in total. The summed E-state index contributed by atoms with van der Waals surface area (Å²) in [5.41, 5.74) is 1.01. The Morgan fingerprint density at radius 2 is 1.67 bits per heavy atom. The monoisotopic (exact) mass is 428 g/mol. The van der Waals surface area contributed by atoms with E-state index in [1.807, 2.05) is 0 Å². The van der Waals surface area contributed by atoms with Crippen molar-refractivity contribution < 1.29 is 13.2 Å². The third-order valence-electron chi connectivity index (χ3n) is 7.51. The van der Waals surface area contributed by atoms with E-state index in [9.17, 15) is 13.2 Å². The van der Waals surface area contributed by atoms with Gasteiger partial charge in [-0.3, -0.25) is 9.10 Å². The van der Waals surface area contributed by atoms with E-state index in [0.717, 1.165) is 11.8 Å². The second-order valence-electron chi connectivity index (χ2n) is 9.42. The fraction of sp³-hybridized carbons (Fsp3) is 0.636. The number of carbonyl (C=O) groups is 1. The van der Waals surface area contributed by atoms with Crippen LogP contribution in [0.15, 0.2) is 24.3 Å². The number of anilines is 1. The largest absolute Gasteiger partial charge is 0.352 e. The van der Waals surface area contributed by atoms with Crippen molar-refractivity contribution in [2.45, 2.75) is 44.6 Å². The highest BCUT2D eigenvalue weighted by Crippen LogP contribution is 2.53. The molecule has 4 aliphatic carbocycles. The van der Waals surface area contributed by atoms with E-state index < -0.39 is 10.2 Å². The molecule has 0 radical (unpaired) electrons. The number of nitrogens with one attached hydrogen (secondary N) is 1. The summed E-state index contributed by atoms with van der Waals surface area (Å²) in [4.78, 5) is 16.2. The molecular weight excluding hydrogens is 400 g/mol. The van der Waals surface area contributed by atoms with E-state index in [1.165, 1.54) is 40.7 Å². The summed E-state index contributed by atoms with van der Waals surface area (Å²) in [5.74, 6) is 2.64. The molecule has 1 aromatic rings. The summed E-state index contributed by atoms with van der Waals surface area (Å²) in [5, 5.41) is 3.22. The van der Waals surface area contributed by atoms with Crippen LogP contribution in [-0.4, -0.2) is 44.3 Å². The summed E-state index contributed by atoms with van der Waals surface area (Å²) in [7, 11) is -3.76. The minimum absolute atomic E-state index is 0.123. The summed E-state index contributed by atoms with van der Waals surface area (Å²) in [6, 6.07) is 6.77. The van der Waals surface area contributed by atoms with Gasteiger partial charge in [0.2, 0.25) is 5.91 Å². The van der Waals surface area contributed by atoms with Crippen molar-refractivity contribution in [1.82, 2.24) is 9.62 Å².